The topological polar surface area (TPSA) is 25.2 Å². The third-order valence-corrected chi connectivity index (χ3v) is 4.49. The van der Waals surface area contributed by atoms with Crippen LogP contribution in [0.25, 0.3) is 11.3 Å². The van der Waals surface area contributed by atoms with Crippen LogP contribution in [0.5, 0.6) is 0 Å². The van der Waals surface area contributed by atoms with Gasteiger partial charge in [0.2, 0.25) is 0 Å². The zero-order valence-corrected chi connectivity index (χ0v) is 14.9. The smallest absolute Gasteiger partial charge is 0.134 e. The number of hydrogen-bond donors (Lipinski definition) is 1. The first-order valence-electron chi connectivity index (χ1n) is 7.77. The first-order chi connectivity index (χ1) is 11.1. The van der Waals surface area contributed by atoms with E-state index in [2.05, 4.69) is 71.5 Å². The third-order valence-electron chi connectivity index (χ3n) is 4.00. The molecule has 0 radical (unpaired) electrons. The summed E-state index contributed by atoms with van der Waals surface area (Å²) in [5.41, 5.74) is 3.62. The van der Waals surface area contributed by atoms with Crippen molar-refractivity contribution >= 4 is 15.9 Å². The second-order valence-corrected chi connectivity index (χ2v) is 6.65. The Kier molecular flexibility index (Phi) is 4.99. The van der Waals surface area contributed by atoms with Crippen LogP contribution in [0.1, 0.15) is 29.9 Å². The molecule has 1 aromatic heterocycles. The highest BCUT2D eigenvalue weighted by Gasteiger charge is 2.09. The van der Waals surface area contributed by atoms with Crippen molar-refractivity contribution in [1.82, 2.24) is 5.32 Å². The van der Waals surface area contributed by atoms with Crippen molar-refractivity contribution in [3.63, 3.8) is 0 Å². The van der Waals surface area contributed by atoms with E-state index in [1.165, 1.54) is 11.1 Å². The number of rotatable bonds is 5. The molecule has 1 atom stereocenters. The average molecular weight is 370 g/mol. The summed E-state index contributed by atoms with van der Waals surface area (Å²) in [7, 11) is 0. The van der Waals surface area contributed by atoms with E-state index in [0.29, 0.717) is 12.6 Å². The lowest BCUT2D eigenvalue weighted by Crippen LogP contribution is -2.17. The molecule has 118 valence electrons. The van der Waals surface area contributed by atoms with Gasteiger partial charge in [-0.25, -0.2) is 0 Å². The van der Waals surface area contributed by atoms with Crippen LogP contribution in [0.4, 0.5) is 0 Å². The summed E-state index contributed by atoms with van der Waals surface area (Å²) >= 11 is 3.50. The first-order valence-corrected chi connectivity index (χ1v) is 8.56. The van der Waals surface area contributed by atoms with Crippen molar-refractivity contribution in [2.75, 3.05) is 0 Å². The van der Waals surface area contributed by atoms with Gasteiger partial charge in [0.1, 0.15) is 11.5 Å². The minimum Gasteiger partial charge on any atom is -0.460 e. The van der Waals surface area contributed by atoms with Crippen LogP contribution in [0.15, 0.2) is 69.6 Å². The summed E-state index contributed by atoms with van der Waals surface area (Å²) in [6.45, 7) is 4.97. The predicted molar refractivity (Wildman–Crippen MR) is 98.3 cm³/mol. The molecule has 1 heterocycles. The molecule has 2 aromatic carbocycles. The molecule has 0 bridgehead atoms. The third kappa shape index (κ3) is 3.92. The molecule has 1 unspecified atom stereocenters. The predicted octanol–water partition coefficient (Wildman–Crippen LogP) is 5.87. The molecule has 3 aromatic rings. The van der Waals surface area contributed by atoms with Crippen molar-refractivity contribution < 1.29 is 4.42 Å². The van der Waals surface area contributed by atoms with Crippen molar-refractivity contribution in [3.05, 3.63) is 82.0 Å². The molecule has 0 aliphatic heterocycles. The quantitative estimate of drug-likeness (QED) is 0.608. The zero-order chi connectivity index (χ0) is 16.2. The molecule has 3 heteroatoms. The Morgan fingerprint density at radius 2 is 1.83 bits per heavy atom. The highest BCUT2D eigenvalue weighted by atomic mass is 79.9. The molecule has 0 saturated carbocycles. The number of benzene rings is 2. The van der Waals surface area contributed by atoms with E-state index in [-0.39, 0.29) is 0 Å². The molecule has 0 spiro atoms. The maximum Gasteiger partial charge on any atom is 0.134 e. The van der Waals surface area contributed by atoms with Gasteiger partial charge >= 0.3 is 0 Å². The molecular weight excluding hydrogens is 350 g/mol. The summed E-state index contributed by atoms with van der Waals surface area (Å²) in [5.74, 6) is 1.87. The van der Waals surface area contributed by atoms with Gasteiger partial charge in [0.15, 0.2) is 0 Å². The van der Waals surface area contributed by atoms with Crippen molar-refractivity contribution in [2.24, 2.45) is 0 Å². The fourth-order valence-corrected chi connectivity index (χ4v) is 3.11. The van der Waals surface area contributed by atoms with Crippen LogP contribution >= 0.6 is 15.9 Å². The second kappa shape index (κ2) is 7.16. The fourth-order valence-electron chi connectivity index (χ4n) is 2.63. The summed E-state index contributed by atoms with van der Waals surface area (Å²) in [6.07, 6.45) is 0. The summed E-state index contributed by atoms with van der Waals surface area (Å²) in [5, 5.41) is 3.50. The van der Waals surface area contributed by atoms with Crippen LogP contribution in [-0.4, -0.2) is 0 Å². The SMILES string of the molecule is Cc1cc(Br)ccc1-c1ccc(CNC(C)c2ccccc2)o1. The standard InChI is InChI=1S/C20H20BrNO/c1-14-12-17(21)8-10-19(14)20-11-9-18(23-20)13-22-15(2)16-6-4-3-5-7-16/h3-12,15,22H,13H2,1-2H3. The van der Waals surface area contributed by atoms with E-state index >= 15 is 0 Å². The fraction of sp³-hybridized carbons (Fsp3) is 0.200. The lowest BCUT2D eigenvalue weighted by atomic mass is 10.1. The Bertz CT molecular complexity index is 779. The molecule has 0 fully saturated rings. The number of halogens is 1. The molecular formula is C20H20BrNO. The molecule has 23 heavy (non-hydrogen) atoms. The first kappa shape index (κ1) is 16.0. The van der Waals surface area contributed by atoms with E-state index in [1.807, 2.05) is 24.3 Å². The monoisotopic (exact) mass is 369 g/mol. The largest absolute Gasteiger partial charge is 0.460 e. The Hall–Kier alpha value is -1.84. The lowest BCUT2D eigenvalue weighted by molar-refractivity contribution is 0.468. The van der Waals surface area contributed by atoms with Crippen LogP contribution in [0.2, 0.25) is 0 Å². The van der Waals surface area contributed by atoms with Crippen molar-refractivity contribution in [1.29, 1.82) is 0 Å². The molecule has 2 nitrogen and oxygen atoms in total. The van der Waals surface area contributed by atoms with E-state index in [1.54, 1.807) is 0 Å². The Morgan fingerprint density at radius 1 is 1.04 bits per heavy atom. The average Bonchev–Trinajstić information content (AvgIpc) is 3.02. The highest BCUT2D eigenvalue weighted by molar-refractivity contribution is 9.10. The summed E-state index contributed by atoms with van der Waals surface area (Å²) in [6, 6.07) is 21.0. The minimum atomic E-state index is 0.291. The van der Waals surface area contributed by atoms with E-state index in [4.69, 9.17) is 4.42 Å². The van der Waals surface area contributed by atoms with Crippen LogP contribution in [0.3, 0.4) is 0 Å². The van der Waals surface area contributed by atoms with Gasteiger partial charge in [-0.2, -0.15) is 0 Å². The zero-order valence-electron chi connectivity index (χ0n) is 13.3. The van der Waals surface area contributed by atoms with Gasteiger partial charge in [0, 0.05) is 16.1 Å². The van der Waals surface area contributed by atoms with Crippen LogP contribution in [-0.2, 0) is 6.54 Å². The van der Waals surface area contributed by atoms with Gasteiger partial charge in [0.25, 0.3) is 0 Å². The Balaban J connectivity index is 1.68. The summed E-state index contributed by atoms with van der Waals surface area (Å²) < 4.78 is 7.09. The lowest BCUT2D eigenvalue weighted by Gasteiger charge is -2.13. The highest BCUT2D eigenvalue weighted by Crippen LogP contribution is 2.28. The van der Waals surface area contributed by atoms with E-state index in [0.717, 1.165) is 21.6 Å². The van der Waals surface area contributed by atoms with Gasteiger partial charge in [-0.1, -0.05) is 46.3 Å². The van der Waals surface area contributed by atoms with Gasteiger partial charge in [-0.15, -0.1) is 0 Å². The number of nitrogens with one attached hydrogen (secondary N) is 1. The molecule has 0 aliphatic rings. The number of aryl methyl sites for hydroxylation is 1. The normalized spacial score (nSPS) is 12.3. The minimum absolute atomic E-state index is 0.291. The number of hydrogen-bond acceptors (Lipinski definition) is 2. The van der Waals surface area contributed by atoms with Gasteiger partial charge < -0.3 is 9.73 Å². The number of furan rings is 1. The maximum absolute atomic E-state index is 6.00. The van der Waals surface area contributed by atoms with E-state index in [9.17, 15) is 0 Å². The summed E-state index contributed by atoms with van der Waals surface area (Å²) in [4.78, 5) is 0. The van der Waals surface area contributed by atoms with Gasteiger partial charge in [0.05, 0.1) is 6.54 Å². The van der Waals surface area contributed by atoms with Crippen molar-refractivity contribution in [2.45, 2.75) is 26.4 Å². The Morgan fingerprint density at radius 3 is 2.57 bits per heavy atom. The molecule has 3 rings (SSSR count). The maximum atomic E-state index is 6.00. The Labute approximate surface area is 145 Å². The van der Waals surface area contributed by atoms with Crippen molar-refractivity contribution in [3.8, 4) is 11.3 Å². The second-order valence-electron chi connectivity index (χ2n) is 5.74. The van der Waals surface area contributed by atoms with Gasteiger partial charge in [-0.05, 0) is 55.3 Å². The molecule has 0 amide bonds. The molecule has 1 N–H and O–H groups in total. The van der Waals surface area contributed by atoms with E-state index < -0.39 is 0 Å². The van der Waals surface area contributed by atoms with Gasteiger partial charge in [-0.3, -0.25) is 0 Å². The van der Waals surface area contributed by atoms with Crippen LogP contribution in [0, 0.1) is 6.92 Å². The van der Waals surface area contributed by atoms with Crippen LogP contribution < -0.4 is 5.32 Å². The molecule has 0 saturated heterocycles. The molecule has 0 aliphatic carbocycles.